The average molecular weight is 429 g/mol. The third-order valence-corrected chi connectivity index (χ3v) is 6.75. The number of pyridine rings is 1. The van der Waals surface area contributed by atoms with Crippen molar-refractivity contribution in [2.45, 2.75) is 49.8 Å². The van der Waals surface area contributed by atoms with Crippen LogP contribution >= 0.6 is 11.8 Å². The molecule has 0 unspecified atom stereocenters. The molecular formula is C27H28N2OS. The van der Waals surface area contributed by atoms with Crippen molar-refractivity contribution in [1.29, 1.82) is 0 Å². The van der Waals surface area contributed by atoms with Gasteiger partial charge >= 0.3 is 0 Å². The summed E-state index contributed by atoms with van der Waals surface area (Å²) in [6.45, 7) is 7.34. The number of hydrogen-bond donors (Lipinski definition) is 1. The Bertz CT molecular complexity index is 1150. The quantitative estimate of drug-likeness (QED) is 0.357. The molecule has 0 radical (unpaired) electrons. The molecule has 2 aromatic carbocycles. The highest BCUT2D eigenvalue weighted by atomic mass is 32.2. The zero-order valence-corrected chi connectivity index (χ0v) is 19.1. The first-order valence-corrected chi connectivity index (χ1v) is 11.4. The summed E-state index contributed by atoms with van der Waals surface area (Å²) in [6, 6.07) is 23.3. The van der Waals surface area contributed by atoms with Crippen LogP contribution in [0.2, 0.25) is 0 Å². The largest absolute Gasteiger partial charge is 0.392 e. The molecule has 0 saturated heterocycles. The van der Waals surface area contributed by atoms with Gasteiger partial charge in [-0.3, -0.25) is 4.98 Å². The van der Waals surface area contributed by atoms with Crippen LogP contribution < -0.4 is 0 Å². The van der Waals surface area contributed by atoms with Crippen LogP contribution in [0.5, 0.6) is 0 Å². The molecule has 1 N–H and O–H groups in total. The van der Waals surface area contributed by atoms with Crippen molar-refractivity contribution in [3.8, 4) is 11.1 Å². The van der Waals surface area contributed by atoms with Gasteiger partial charge in [0.25, 0.3) is 0 Å². The van der Waals surface area contributed by atoms with E-state index in [1.165, 1.54) is 32.2 Å². The Morgan fingerprint density at radius 2 is 1.65 bits per heavy atom. The second kappa shape index (κ2) is 9.54. The SMILES string of the molecule is Cc1c(CO)c(C(C)C)c(Sc2cccc(-c3ccccc3)c2)n1Cc1ccncc1. The van der Waals surface area contributed by atoms with Gasteiger partial charge in [0, 0.05) is 35.1 Å². The fraction of sp³-hybridized carbons (Fsp3) is 0.222. The van der Waals surface area contributed by atoms with Crippen molar-refractivity contribution < 1.29 is 5.11 Å². The summed E-state index contributed by atoms with van der Waals surface area (Å²) in [5.41, 5.74) is 7.05. The molecule has 0 spiro atoms. The molecule has 0 amide bonds. The van der Waals surface area contributed by atoms with Crippen LogP contribution in [0.4, 0.5) is 0 Å². The van der Waals surface area contributed by atoms with Gasteiger partial charge in [-0.1, -0.05) is 68.1 Å². The van der Waals surface area contributed by atoms with E-state index in [0.29, 0.717) is 5.92 Å². The summed E-state index contributed by atoms with van der Waals surface area (Å²) in [5, 5.41) is 11.4. The van der Waals surface area contributed by atoms with Crippen molar-refractivity contribution in [1.82, 2.24) is 9.55 Å². The second-order valence-corrected chi connectivity index (χ2v) is 9.10. The smallest absolute Gasteiger partial charge is 0.0840 e. The lowest BCUT2D eigenvalue weighted by molar-refractivity contribution is 0.279. The topological polar surface area (TPSA) is 38.0 Å². The highest BCUT2D eigenvalue weighted by molar-refractivity contribution is 7.99. The summed E-state index contributed by atoms with van der Waals surface area (Å²) in [5.74, 6) is 0.319. The first-order chi connectivity index (χ1) is 15.1. The minimum atomic E-state index is 0.0559. The van der Waals surface area contributed by atoms with Crippen LogP contribution in [0.3, 0.4) is 0 Å². The fourth-order valence-electron chi connectivity index (χ4n) is 4.03. The van der Waals surface area contributed by atoms with Gasteiger partial charge in [-0.05, 0) is 59.4 Å². The predicted octanol–water partition coefficient (Wildman–Crippen LogP) is 6.67. The molecule has 0 aliphatic carbocycles. The Morgan fingerprint density at radius 3 is 2.32 bits per heavy atom. The van der Waals surface area contributed by atoms with E-state index in [1.807, 2.05) is 18.5 Å². The molecule has 158 valence electrons. The van der Waals surface area contributed by atoms with Crippen LogP contribution in [-0.2, 0) is 13.2 Å². The van der Waals surface area contributed by atoms with Crippen LogP contribution in [0.25, 0.3) is 11.1 Å². The Hall–Kier alpha value is -2.82. The monoisotopic (exact) mass is 428 g/mol. The summed E-state index contributed by atoms with van der Waals surface area (Å²) in [7, 11) is 0. The average Bonchev–Trinajstić information content (AvgIpc) is 3.06. The lowest BCUT2D eigenvalue weighted by atomic mass is 10.0. The lowest BCUT2D eigenvalue weighted by Gasteiger charge is -2.15. The highest BCUT2D eigenvalue weighted by Gasteiger charge is 2.23. The van der Waals surface area contributed by atoms with Gasteiger partial charge in [0.15, 0.2) is 0 Å². The summed E-state index contributed by atoms with van der Waals surface area (Å²) in [6.07, 6.45) is 3.67. The molecule has 0 bridgehead atoms. The summed E-state index contributed by atoms with van der Waals surface area (Å²) in [4.78, 5) is 5.35. The number of nitrogens with zero attached hydrogens (tertiary/aromatic N) is 2. The maximum Gasteiger partial charge on any atom is 0.0840 e. The molecular weight excluding hydrogens is 400 g/mol. The minimum Gasteiger partial charge on any atom is -0.392 e. The molecule has 0 aliphatic heterocycles. The van der Waals surface area contributed by atoms with Crippen molar-refractivity contribution >= 4 is 11.8 Å². The van der Waals surface area contributed by atoms with Crippen molar-refractivity contribution in [3.63, 3.8) is 0 Å². The fourth-order valence-corrected chi connectivity index (χ4v) is 5.37. The molecule has 0 fully saturated rings. The highest BCUT2D eigenvalue weighted by Crippen LogP contribution is 2.40. The van der Waals surface area contributed by atoms with Gasteiger partial charge < -0.3 is 9.67 Å². The zero-order valence-electron chi connectivity index (χ0n) is 18.2. The maximum atomic E-state index is 10.2. The normalized spacial score (nSPS) is 11.3. The molecule has 0 saturated carbocycles. The first kappa shape index (κ1) is 21.4. The molecule has 0 atom stereocenters. The van der Waals surface area contributed by atoms with Crippen molar-refractivity contribution in [2.75, 3.05) is 0 Å². The predicted molar refractivity (Wildman–Crippen MR) is 129 cm³/mol. The van der Waals surface area contributed by atoms with E-state index in [0.717, 1.165) is 17.8 Å². The van der Waals surface area contributed by atoms with Gasteiger partial charge in [0.1, 0.15) is 0 Å². The van der Waals surface area contributed by atoms with E-state index in [9.17, 15) is 5.11 Å². The van der Waals surface area contributed by atoms with E-state index in [1.54, 1.807) is 11.8 Å². The molecule has 4 rings (SSSR count). The molecule has 2 heterocycles. The Kier molecular flexibility index (Phi) is 6.59. The Balaban J connectivity index is 1.78. The van der Waals surface area contributed by atoms with Gasteiger partial charge in [-0.15, -0.1) is 0 Å². The third-order valence-electron chi connectivity index (χ3n) is 5.62. The van der Waals surface area contributed by atoms with Crippen LogP contribution in [0, 0.1) is 6.92 Å². The van der Waals surface area contributed by atoms with Crippen LogP contribution in [0.1, 0.15) is 42.1 Å². The van der Waals surface area contributed by atoms with Crippen LogP contribution in [0.15, 0.2) is 89.0 Å². The van der Waals surface area contributed by atoms with E-state index < -0.39 is 0 Å². The maximum absolute atomic E-state index is 10.2. The van der Waals surface area contributed by atoms with Gasteiger partial charge in [0.05, 0.1) is 11.6 Å². The number of rotatable bonds is 7. The molecule has 0 aliphatic rings. The molecule has 3 nitrogen and oxygen atoms in total. The lowest BCUT2D eigenvalue weighted by Crippen LogP contribution is -2.04. The van der Waals surface area contributed by atoms with Gasteiger partial charge in [0.2, 0.25) is 0 Å². The molecule has 4 heteroatoms. The minimum absolute atomic E-state index is 0.0559. The number of hydrogen-bond acceptors (Lipinski definition) is 3. The number of aliphatic hydroxyl groups is 1. The number of aliphatic hydroxyl groups excluding tert-OH is 1. The van der Waals surface area contributed by atoms with Crippen LogP contribution in [-0.4, -0.2) is 14.7 Å². The number of aromatic nitrogens is 2. The van der Waals surface area contributed by atoms with E-state index in [-0.39, 0.29) is 6.61 Å². The van der Waals surface area contributed by atoms with Gasteiger partial charge in [-0.2, -0.15) is 0 Å². The molecule has 4 aromatic rings. The standard InChI is InChI=1S/C27H28N2OS/c1-19(2)26-25(18-30)20(3)29(17-21-12-14-28-15-13-21)27(26)31-24-11-7-10-23(16-24)22-8-5-4-6-9-22/h4-16,19,30H,17-18H2,1-3H3. The Labute approximate surface area is 188 Å². The summed E-state index contributed by atoms with van der Waals surface area (Å²) < 4.78 is 2.34. The molecule has 31 heavy (non-hydrogen) atoms. The second-order valence-electron chi connectivity index (χ2n) is 8.03. The molecule has 2 aromatic heterocycles. The first-order valence-electron chi connectivity index (χ1n) is 10.6. The van der Waals surface area contributed by atoms with Gasteiger partial charge in [-0.25, -0.2) is 0 Å². The third kappa shape index (κ3) is 4.60. The van der Waals surface area contributed by atoms with Crippen molar-refractivity contribution in [3.05, 3.63) is 102 Å². The zero-order chi connectivity index (χ0) is 21.8. The van der Waals surface area contributed by atoms with E-state index >= 15 is 0 Å². The van der Waals surface area contributed by atoms with E-state index in [4.69, 9.17) is 0 Å². The summed E-state index contributed by atoms with van der Waals surface area (Å²) >= 11 is 1.78. The van der Waals surface area contributed by atoms with Crippen molar-refractivity contribution in [2.24, 2.45) is 0 Å². The number of benzene rings is 2. The Morgan fingerprint density at radius 1 is 0.935 bits per heavy atom. The van der Waals surface area contributed by atoms with E-state index in [2.05, 4.69) is 91.0 Å².